The van der Waals surface area contributed by atoms with E-state index in [0.717, 1.165) is 5.56 Å². The van der Waals surface area contributed by atoms with Crippen LogP contribution in [0.1, 0.15) is 35.3 Å². The number of hydrogen-bond acceptors (Lipinski definition) is 4. The number of aryl methyl sites for hydroxylation is 2. The van der Waals surface area contributed by atoms with Gasteiger partial charge in [0.25, 0.3) is 5.91 Å². The van der Waals surface area contributed by atoms with Gasteiger partial charge in [-0.3, -0.25) is 4.79 Å². The molecule has 2 aromatic rings. The fourth-order valence-electron chi connectivity index (χ4n) is 2.45. The maximum atomic E-state index is 12.8. The number of carbonyl (C=O) groups is 1. The Bertz CT molecular complexity index is 858. The third-order valence-electron chi connectivity index (χ3n) is 3.93. The fourth-order valence-corrected chi connectivity index (χ4v) is 4.16. The number of nitrogens with one attached hydrogen (secondary N) is 1. The Morgan fingerprint density at radius 3 is 2.36 bits per heavy atom. The van der Waals surface area contributed by atoms with Gasteiger partial charge in [0.15, 0.2) is 0 Å². The highest BCUT2D eigenvalue weighted by Crippen LogP contribution is 2.22. The van der Waals surface area contributed by atoms with Gasteiger partial charge in [0.05, 0.1) is 4.90 Å². The van der Waals surface area contributed by atoms with E-state index in [-0.39, 0.29) is 10.5 Å². The first-order chi connectivity index (χ1) is 11.8. The molecular weight excluding hydrogens is 338 g/mol. The second-order valence-electron chi connectivity index (χ2n) is 5.74. The summed E-state index contributed by atoms with van der Waals surface area (Å²) in [6, 6.07) is 8.23. The Hall–Kier alpha value is -2.25. The molecule has 0 aliphatic heterocycles. The molecule has 1 N–H and O–H groups in total. The summed E-state index contributed by atoms with van der Waals surface area (Å²) in [6.07, 6.45) is 1.65. The van der Waals surface area contributed by atoms with Crippen molar-refractivity contribution in [1.82, 2.24) is 9.29 Å². The van der Waals surface area contributed by atoms with Gasteiger partial charge in [0.1, 0.15) is 5.82 Å². The molecule has 0 saturated heterocycles. The molecule has 25 heavy (non-hydrogen) atoms. The summed E-state index contributed by atoms with van der Waals surface area (Å²) in [5, 5.41) is 2.68. The molecule has 1 aromatic heterocycles. The maximum Gasteiger partial charge on any atom is 0.256 e. The molecule has 2 rings (SSSR count). The lowest BCUT2D eigenvalue weighted by atomic mass is 10.1. The first kappa shape index (κ1) is 19.1. The first-order valence-electron chi connectivity index (χ1n) is 8.14. The van der Waals surface area contributed by atoms with Crippen LogP contribution in [-0.2, 0) is 10.0 Å². The predicted molar refractivity (Wildman–Crippen MR) is 98.2 cm³/mol. The number of amides is 1. The molecule has 0 bridgehead atoms. The largest absolute Gasteiger partial charge is 0.307 e. The lowest BCUT2D eigenvalue weighted by Crippen LogP contribution is -2.31. The van der Waals surface area contributed by atoms with E-state index in [2.05, 4.69) is 10.3 Å². The van der Waals surface area contributed by atoms with Crippen molar-refractivity contribution in [1.29, 1.82) is 0 Å². The molecule has 0 spiro atoms. The van der Waals surface area contributed by atoms with Crippen LogP contribution in [0.4, 0.5) is 5.82 Å². The zero-order valence-electron chi connectivity index (χ0n) is 14.9. The zero-order chi connectivity index (χ0) is 18.6. The SMILES string of the molecule is CCN(CC)S(=O)(=O)c1cc(C(=O)Nc2ccc(C)cn2)ccc1C. The number of rotatable bonds is 6. The second-order valence-corrected chi connectivity index (χ2v) is 7.65. The zero-order valence-corrected chi connectivity index (χ0v) is 15.7. The van der Waals surface area contributed by atoms with Crippen molar-refractivity contribution in [2.75, 3.05) is 18.4 Å². The van der Waals surface area contributed by atoms with E-state index in [1.54, 1.807) is 45.2 Å². The number of hydrogen-bond donors (Lipinski definition) is 1. The Labute approximate surface area is 148 Å². The molecular formula is C18H23N3O3S. The fraction of sp³-hybridized carbons (Fsp3) is 0.333. The first-order valence-corrected chi connectivity index (χ1v) is 9.58. The van der Waals surface area contributed by atoms with Crippen LogP contribution in [0.3, 0.4) is 0 Å². The minimum Gasteiger partial charge on any atom is -0.307 e. The van der Waals surface area contributed by atoms with E-state index >= 15 is 0 Å². The number of sulfonamides is 1. The van der Waals surface area contributed by atoms with Crippen molar-refractivity contribution in [3.63, 3.8) is 0 Å². The monoisotopic (exact) mass is 361 g/mol. The third-order valence-corrected chi connectivity index (χ3v) is 6.12. The van der Waals surface area contributed by atoms with Gasteiger partial charge < -0.3 is 5.32 Å². The van der Waals surface area contributed by atoms with Crippen LogP contribution >= 0.6 is 0 Å². The van der Waals surface area contributed by atoms with Gasteiger partial charge in [-0.15, -0.1) is 0 Å². The van der Waals surface area contributed by atoms with Gasteiger partial charge in [0.2, 0.25) is 10.0 Å². The molecule has 0 aliphatic carbocycles. The van der Waals surface area contributed by atoms with Gasteiger partial charge in [-0.2, -0.15) is 4.31 Å². The van der Waals surface area contributed by atoms with Gasteiger partial charge >= 0.3 is 0 Å². The van der Waals surface area contributed by atoms with Crippen molar-refractivity contribution < 1.29 is 13.2 Å². The molecule has 0 radical (unpaired) electrons. The molecule has 6 nitrogen and oxygen atoms in total. The minimum atomic E-state index is -3.63. The van der Waals surface area contributed by atoms with Crippen molar-refractivity contribution in [2.45, 2.75) is 32.6 Å². The highest BCUT2D eigenvalue weighted by atomic mass is 32.2. The van der Waals surface area contributed by atoms with Crippen LogP contribution in [0.15, 0.2) is 41.4 Å². The number of carbonyl (C=O) groups excluding carboxylic acids is 1. The standard InChI is InChI=1S/C18H23N3O3S/c1-5-21(6-2)25(23,24)16-11-15(9-8-14(16)4)18(22)20-17-10-7-13(3)12-19-17/h7-12H,5-6H2,1-4H3,(H,19,20,22). The maximum absolute atomic E-state index is 12.8. The van der Waals surface area contributed by atoms with Crippen LogP contribution < -0.4 is 5.32 Å². The van der Waals surface area contributed by atoms with E-state index < -0.39 is 15.9 Å². The van der Waals surface area contributed by atoms with E-state index in [4.69, 9.17) is 0 Å². The van der Waals surface area contributed by atoms with Gasteiger partial charge in [0, 0.05) is 24.8 Å². The van der Waals surface area contributed by atoms with Crippen LogP contribution in [0.2, 0.25) is 0 Å². The van der Waals surface area contributed by atoms with Crippen LogP contribution in [-0.4, -0.2) is 36.7 Å². The molecule has 1 aromatic carbocycles. The average molecular weight is 361 g/mol. The summed E-state index contributed by atoms with van der Waals surface area (Å²) in [7, 11) is -3.63. The Morgan fingerprint density at radius 2 is 1.80 bits per heavy atom. The molecule has 0 saturated carbocycles. The van der Waals surface area contributed by atoms with Crippen LogP contribution in [0, 0.1) is 13.8 Å². The molecule has 1 heterocycles. The quantitative estimate of drug-likeness (QED) is 0.858. The van der Waals surface area contributed by atoms with E-state index in [1.165, 1.54) is 10.4 Å². The van der Waals surface area contributed by atoms with Crippen molar-refractivity contribution in [3.05, 3.63) is 53.2 Å². The summed E-state index contributed by atoms with van der Waals surface area (Å²) < 4.78 is 26.9. The number of nitrogens with zero attached hydrogens (tertiary/aromatic N) is 2. The summed E-state index contributed by atoms with van der Waals surface area (Å²) in [5.74, 6) is 0.0247. The van der Waals surface area contributed by atoms with Crippen molar-refractivity contribution >= 4 is 21.7 Å². The van der Waals surface area contributed by atoms with Gasteiger partial charge in [-0.05, 0) is 43.2 Å². The van der Waals surface area contributed by atoms with E-state index in [1.807, 2.05) is 13.0 Å². The Morgan fingerprint density at radius 1 is 1.12 bits per heavy atom. The molecule has 7 heteroatoms. The number of aromatic nitrogens is 1. The molecule has 0 aliphatic rings. The normalized spacial score (nSPS) is 11.6. The highest BCUT2D eigenvalue weighted by molar-refractivity contribution is 7.89. The average Bonchev–Trinajstić information content (AvgIpc) is 2.58. The highest BCUT2D eigenvalue weighted by Gasteiger charge is 2.24. The van der Waals surface area contributed by atoms with Crippen molar-refractivity contribution in [3.8, 4) is 0 Å². The number of anilines is 1. The molecule has 0 unspecified atom stereocenters. The third kappa shape index (κ3) is 4.24. The Kier molecular flexibility index (Phi) is 5.92. The van der Waals surface area contributed by atoms with Gasteiger partial charge in [-0.25, -0.2) is 13.4 Å². The van der Waals surface area contributed by atoms with Crippen molar-refractivity contribution in [2.24, 2.45) is 0 Å². The smallest absolute Gasteiger partial charge is 0.256 e. The van der Waals surface area contributed by atoms with E-state index in [9.17, 15) is 13.2 Å². The summed E-state index contributed by atoms with van der Waals surface area (Å²) in [5.41, 5.74) is 1.87. The lowest BCUT2D eigenvalue weighted by molar-refractivity contribution is 0.102. The summed E-state index contributed by atoms with van der Waals surface area (Å²) >= 11 is 0. The van der Waals surface area contributed by atoms with Crippen LogP contribution in [0.25, 0.3) is 0 Å². The lowest BCUT2D eigenvalue weighted by Gasteiger charge is -2.20. The predicted octanol–water partition coefficient (Wildman–Crippen LogP) is 2.98. The summed E-state index contributed by atoms with van der Waals surface area (Å²) in [6.45, 7) is 7.96. The molecule has 1 amide bonds. The summed E-state index contributed by atoms with van der Waals surface area (Å²) in [4.78, 5) is 16.7. The molecule has 134 valence electrons. The minimum absolute atomic E-state index is 0.153. The number of benzene rings is 1. The van der Waals surface area contributed by atoms with Gasteiger partial charge in [-0.1, -0.05) is 26.0 Å². The van der Waals surface area contributed by atoms with Crippen LogP contribution in [0.5, 0.6) is 0 Å². The molecule has 0 fully saturated rings. The Balaban J connectivity index is 2.35. The molecule has 0 atom stereocenters. The number of pyridine rings is 1. The topological polar surface area (TPSA) is 79.4 Å². The second kappa shape index (κ2) is 7.76. The van der Waals surface area contributed by atoms with E-state index in [0.29, 0.717) is 24.5 Å².